The van der Waals surface area contributed by atoms with E-state index >= 15 is 0 Å². The van der Waals surface area contributed by atoms with Crippen LogP contribution in [0.15, 0.2) is 29.6 Å². The van der Waals surface area contributed by atoms with Crippen molar-refractivity contribution in [2.24, 2.45) is 5.73 Å². The molecule has 0 radical (unpaired) electrons. The van der Waals surface area contributed by atoms with E-state index in [4.69, 9.17) is 5.73 Å². The Balaban J connectivity index is 2.28. The van der Waals surface area contributed by atoms with Gasteiger partial charge in [0.15, 0.2) is 0 Å². The van der Waals surface area contributed by atoms with Crippen LogP contribution >= 0.6 is 11.3 Å². The molecule has 0 bridgehead atoms. The van der Waals surface area contributed by atoms with Crippen molar-refractivity contribution in [3.63, 3.8) is 0 Å². The third kappa shape index (κ3) is 2.82. The average molecular weight is 259 g/mol. The second-order valence-corrected chi connectivity index (χ2v) is 6.02. The second kappa shape index (κ2) is 5.68. The predicted octanol–water partition coefficient (Wildman–Crippen LogP) is 3.96. The molecular weight excluding hydrogens is 238 g/mol. The van der Waals surface area contributed by atoms with E-state index in [1.807, 2.05) is 11.3 Å². The molecule has 1 atom stereocenters. The van der Waals surface area contributed by atoms with Gasteiger partial charge in [-0.1, -0.05) is 23.8 Å². The van der Waals surface area contributed by atoms with Crippen LogP contribution < -0.4 is 5.73 Å². The lowest BCUT2D eigenvalue weighted by molar-refractivity contribution is 0.694. The number of thiophene rings is 1. The van der Waals surface area contributed by atoms with Crippen molar-refractivity contribution in [2.75, 3.05) is 6.54 Å². The molecule has 0 saturated carbocycles. The Morgan fingerprint density at radius 1 is 1.11 bits per heavy atom. The van der Waals surface area contributed by atoms with E-state index in [0.717, 1.165) is 6.42 Å². The minimum Gasteiger partial charge on any atom is -0.330 e. The number of rotatable bonds is 4. The zero-order valence-corrected chi connectivity index (χ0v) is 12.2. The van der Waals surface area contributed by atoms with Crippen molar-refractivity contribution in [1.29, 1.82) is 0 Å². The van der Waals surface area contributed by atoms with Crippen molar-refractivity contribution < 1.29 is 0 Å². The van der Waals surface area contributed by atoms with Crippen LogP contribution in [0, 0.1) is 20.8 Å². The van der Waals surface area contributed by atoms with Crippen LogP contribution in [0.25, 0.3) is 0 Å². The molecule has 2 N–H and O–H groups in total. The number of aryl methyl sites for hydroxylation is 3. The van der Waals surface area contributed by atoms with E-state index in [-0.39, 0.29) is 0 Å². The first-order chi connectivity index (χ1) is 8.61. The highest BCUT2D eigenvalue weighted by Gasteiger charge is 2.15. The van der Waals surface area contributed by atoms with Gasteiger partial charge in [-0.25, -0.2) is 0 Å². The van der Waals surface area contributed by atoms with Gasteiger partial charge in [0.05, 0.1) is 0 Å². The maximum atomic E-state index is 6.00. The summed E-state index contributed by atoms with van der Waals surface area (Å²) >= 11 is 1.84. The molecule has 0 aliphatic carbocycles. The molecule has 0 aliphatic heterocycles. The molecule has 96 valence electrons. The molecule has 2 heteroatoms. The van der Waals surface area contributed by atoms with Gasteiger partial charge in [0.25, 0.3) is 0 Å². The van der Waals surface area contributed by atoms with Gasteiger partial charge in [0.2, 0.25) is 0 Å². The minimum atomic E-state index is 0.433. The lowest BCUT2D eigenvalue weighted by atomic mass is 9.90. The topological polar surface area (TPSA) is 26.0 Å². The Morgan fingerprint density at radius 3 is 2.50 bits per heavy atom. The third-order valence-corrected chi connectivity index (χ3v) is 4.60. The zero-order chi connectivity index (χ0) is 13.1. The summed E-state index contributed by atoms with van der Waals surface area (Å²) in [5, 5.41) is 2.17. The summed E-state index contributed by atoms with van der Waals surface area (Å²) in [5.41, 5.74) is 11.5. The fourth-order valence-electron chi connectivity index (χ4n) is 2.36. The Hall–Kier alpha value is -1.12. The molecule has 0 spiro atoms. The molecule has 1 nitrogen and oxygen atoms in total. The normalized spacial score (nSPS) is 12.7. The standard InChI is InChI=1S/C16H21NS/c1-11-4-5-12(2)15(8-11)14(10-17)9-16-13(3)6-7-18-16/h4-8,14H,9-10,17H2,1-3H3. The van der Waals surface area contributed by atoms with Gasteiger partial charge < -0.3 is 5.73 Å². The van der Waals surface area contributed by atoms with Gasteiger partial charge in [-0.3, -0.25) is 0 Å². The maximum Gasteiger partial charge on any atom is 0.00809 e. The van der Waals surface area contributed by atoms with Gasteiger partial charge in [0.1, 0.15) is 0 Å². The fraction of sp³-hybridized carbons (Fsp3) is 0.375. The highest BCUT2D eigenvalue weighted by molar-refractivity contribution is 7.10. The summed E-state index contributed by atoms with van der Waals surface area (Å²) in [6.07, 6.45) is 1.06. The molecule has 1 aromatic heterocycles. The molecule has 2 aromatic rings. The van der Waals surface area contributed by atoms with Gasteiger partial charge >= 0.3 is 0 Å². The second-order valence-electron chi connectivity index (χ2n) is 5.02. The predicted molar refractivity (Wildman–Crippen MR) is 80.5 cm³/mol. The SMILES string of the molecule is Cc1ccc(C)c(C(CN)Cc2sccc2C)c1. The van der Waals surface area contributed by atoms with Crippen LogP contribution in [-0.2, 0) is 6.42 Å². The van der Waals surface area contributed by atoms with E-state index < -0.39 is 0 Å². The molecule has 1 aromatic carbocycles. The van der Waals surface area contributed by atoms with E-state index in [9.17, 15) is 0 Å². The van der Waals surface area contributed by atoms with Gasteiger partial charge in [-0.2, -0.15) is 0 Å². The number of nitrogens with two attached hydrogens (primary N) is 1. The molecule has 0 fully saturated rings. The summed E-state index contributed by atoms with van der Waals surface area (Å²) in [7, 11) is 0. The molecule has 0 amide bonds. The van der Waals surface area contributed by atoms with Crippen LogP contribution in [0.4, 0.5) is 0 Å². The average Bonchev–Trinajstić information content (AvgIpc) is 2.75. The van der Waals surface area contributed by atoms with Crippen molar-refractivity contribution in [3.05, 3.63) is 56.8 Å². The Labute approximate surface area is 114 Å². The summed E-state index contributed by atoms with van der Waals surface area (Å²) < 4.78 is 0. The Bertz CT molecular complexity index is 528. The summed E-state index contributed by atoms with van der Waals surface area (Å²) in [4.78, 5) is 1.46. The lowest BCUT2D eigenvalue weighted by Gasteiger charge is -2.18. The largest absolute Gasteiger partial charge is 0.330 e. The van der Waals surface area contributed by atoms with Crippen LogP contribution in [0.2, 0.25) is 0 Å². The van der Waals surface area contributed by atoms with Gasteiger partial charge in [-0.15, -0.1) is 11.3 Å². The molecule has 1 heterocycles. The molecular formula is C16H21NS. The monoisotopic (exact) mass is 259 g/mol. The fourth-order valence-corrected chi connectivity index (χ4v) is 3.34. The molecule has 0 saturated heterocycles. The summed E-state index contributed by atoms with van der Waals surface area (Å²) in [6.45, 7) is 7.22. The number of hydrogen-bond acceptors (Lipinski definition) is 2. The van der Waals surface area contributed by atoms with Crippen LogP contribution in [0.3, 0.4) is 0 Å². The summed E-state index contributed by atoms with van der Waals surface area (Å²) in [6, 6.07) is 8.85. The van der Waals surface area contributed by atoms with Crippen molar-refractivity contribution in [3.8, 4) is 0 Å². The molecule has 2 rings (SSSR count). The molecule has 18 heavy (non-hydrogen) atoms. The highest BCUT2D eigenvalue weighted by Crippen LogP contribution is 2.27. The first-order valence-electron chi connectivity index (χ1n) is 6.42. The number of benzene rings is 1. The van der Waals surface area contributed by atoms with E-state index in [1.54, 1.807) is 0 Å². The zero-order valence-electron chi connectivity index (χ0n) is 11.4. The Morgan fingerprint density at radius 2 is 1.89 bits per heavy atom. The lowest BCUT2D eigenvalue weighted by Crippen LogP contribution is -2.16. The van der Waals surface area contributed by atoms with Crippen molar-refractivity contribution >= 4 is 11.3 Å². The van der Waals surface area contributed by atoms with Crippen LogP contribution in [0.1, 0.15) is 33.0 Å². The van der Waals surface area contributed by atoms with E-state index in [0.29, 0.717) is 12.5 Å². The van der Waals surface area contributed by atoms with Crippen LogP contribution in [-0.4, -0.2) is 6.54 Å². The van der Waals surface area contributed by atoms with Crippen molar-refractivity contribution in [1.82, 2.24) is 0 Å². The summed E-state index contributed by atoms with van der Waals surface area (Å²) in [5.74, 6) is 0.433. The maximum absolute atomic E-state index is 6.00. The Kier molecular flexibility index (Phi) is 4.20. The smallest absolute Gasteiger partial charge is 0.00809 e. The van der Waals surface area contributed by atoms with Crippen LogP contribution in [0.5, 0.6) is 0 Å². The minimum absolute atomic E-state index is 0.433. The van der Waals surface area contributed by atoms with E-state index in [1.165, 1.54) is 27.1 Å². The highest BCUT2D eigenvalue weighted by atomic mass is 32.1. The number of hydrogen-bond donors (Lipinski definition) is 1. The molecule has 0 aliphatic rings. The van der Waals surface area contributed by atoms with Gasteiger partial charge in [-0.05, 0) is 61.9 Å². The van der Waals surface area contributed by atoms with Crippen molar-refractivity contribution in [2.45, 2.75) is 33.1 Å². The first-order valence-corrected chi connectivity index (χ1v) is 7.30. The third-order valence-electron chi connectivity index (χ3n) is 3.56. The first kappa shape index (κ1) is 13.3. The quantitative estimate of drug-likeness (QED) is 0.883. The molecule has 1 unspecified atom stereocenters. The van der Waals surface area contributed by atoms with E-state index in [2.05, 4.69) is 50.4 Å². The van der Waals surface area contributed by atoms with Gasteiger partial charge in [0, 0.05) is 10.8 Å².